The first kappa shape index (κ1) is 17.4. The third-order valence-corrected chi connectivity index (χ3v) is 3.10. The quantitative estimate of drug-likeness (QED) is 0.336. The van der Waals surface area contributed by atoms with Gasteiger partial charge < -0.3 is 9.47 Å². The van der Waals surface area contributed by atoms with Crippen molar-refractivity contribution in [3.05, 3.63) is 66.8 Å². The molecule has 1 aromatic carbocycles. The minimum Gasteiger partial charge on any atom is -0.468 e. The predicted octanol–water partition coefficient (Wildman–Crippen LogP) is 3.02. The van der Waals surface area contributed by atoms with Crippen molar-refractivity contribution in [2.24, 2.45) is 11.8 Å². The molecule has 0 heterocycles. The number of esters is 2. The fraction of sp³-hybridized carbons (Fsp3) is 0.222. The van der Waals surface area contributed by atoms with E-state index in [1.165, 1.54) is 20.3 Å². The minimum absolute atomic E-state index is 0.500. The highest BCUT2D eigenvalue weighted by atomic mass is 16.5. The van der Waals surface area contributed by atoms with E-state index in [0.717, 1.165) is 5.56 Å². The van der Waals surface area contributed by atoms with Gasteiger partial charge in [-0.3, -0.25) is 9.59 Å². The summed E-state index contributed by atoms with van der Waals surface area (Å²) in [5.74, 6) is -2.84. The number of carbonyl (C=O) groups is 2. The number of methoxy groups -OCH3 is 2. The lowest BCUT2D eigenvalue weighted by Crippen LogP contribution is -2.31. The summed E-state index contributed by atoms with van der Waals surface area (Å²) in [6, 6.07) is 9.78. The van der Waals surface area contributed by atoms with Crippen LogP contribution in [0.25, 0.3) is 6.08 Å². The van der Waals surface area contributed by atoms with Gasteiger partial charge in [-0.15, -0.1) is 6.58 Å². The highest BCUT2D eigenvalue weighted by molar-refractivity contribution is 5.95. The number of allylic oxidation sites excluding steroid dienone is 4. The molecule has 0 aliphatic heterocycles. The first-order valence-electron chi connectivity index (χ1n) is 6.82. The van der Waals surface area contributed by atoms with Crippen LogP contribution in [0.4, 0.5) is 0 Å². The van der Waals surface area contributed by atoms with Gasteiger partial charge in [0.05, 0.1) is 14.2 Å². The number of carbonyl (C=O) groups excluding carboxylic acids is 2. The molecule has 0 N–H and O–H groups in total. The topological polar surface area (TPSA) is 52.6 Å². The lowest BCUT2D eigenvalue weighted by molar-refractivity contribution is -0.159. The Labute approximate surface area is 130 Å². The fourth-order valence-corrected chi connectivity index (χ4v) is 1.91. The van der Waals surface area contributed by atoms with Crippen LogP contribution >= 0.6 is 0 Å². The van der Waals surface area contributed by atoms with E-state index in [-0.39, 0.29) is 0 Å². The first-order valence-corrected chi connectivity index (χ1v) is 6.82. The highest BCUT2D eigenvalue weighted by Gasteiger charge is 2.33. The summed E-state index contributed by atoms with van der Waals surface area (Å²) in [6.45, 7) is 3.66. The molecule has 1 aromatic rings. The Balaban J connectivity index is 2.83. The molecule has 0 bridgehead atoms. The Morgan fingerprint density at radius 1 is 1.05 bits per heavy atom. The molecule has 0 unspecified atom stereocenters. The lowest BCUT2D eigenvalue weighted by Gasteiger charge is -2.17. The van der Waals surface area contributed by atoms with Gasteiger partial charge in [0.25, 0.3) is 0 Å². The van der Waals surface area contributed by atoms with E-state index >= 15 is 0 Å². The molecule has 0 aliphatic rings. The average molecular weight is 300 g/mol. The zero-order valence-electron chi connectivity index (χ0n) is 12.8. The maximum absolute atomic E-state index is 11.7. The summed E-state index contributed by atoms with van der Waals surface area (Å²) >= 11 is 0. The number of ether oxygens (including phenoxy) is 2. The Morgan fingerprint density at radius 3 is 2.14 bits per heavy atom. The summed E-state index contributed by atoms with van der Waals surface area (Å²) in [5, 5.41) is 0. The second kappa shape index (κ2) is 9.34. The molecule has 4 nitrogen and oxygen atoms in total. The van der Waals surface area contributed by atoms with Crippen LogP contribution in [-0.2, 0) is 19.1 Å². The van der Waals surface area contributed by atoms with Crippen molar-refractivity contribution < 1.29 is 19.1 Å². The summed E-state index contributed by atoms with van der Waals surface area (Å²) in [5.41, 5.74) is 1.06. The van der Waals surface area contributed by atoms with E-state index in [9.17, 15) is 9.59 Å². The molecular weight excluding hydrogens is 280 g/mol. The lowest BCUT2D eigenvalue weighted by atomic mass is 9.92. The summed E-state index contributed by atoms with van der Waals surface area (Å²) in [4.78, 5) is 23.5. The molecule has 1 atom stereocenters. The third kappa shape index (κ3) is 5.05. The van der Waals surface area contributed by atoms with Crippen molar-refractivity contribution in [2.75, 3.05) is 14.2 Å². The van der Waals surface area contributed by atoms with Crippen molar-refractivity contribution in [1.82, 2.24) is 0 Å². The van der Waals surface area contributed by atoms with Gasteiger partial charge in [-0.05, 0) is 5.56 Å². The molecule has 0 aliphatic carbocycles. The van der Waals surface area contributed by atoms with Crippen LogP contribution in [0, 0.1) is 11.8 Å². The molecule has 1 rings (SSSR count). The van der Waals surface area contributed by atoms with Crippen molar-refractivity contribution in [1.29, 1.82) is 0 Å². The van der Waals surface area contributed by atoms with Gasteiger partial charge in [0.2, 0.25) is 0 Å². The molecule has 0 aromatic heterocycles. The monoisotopic (exact) mass is 300 g/mol. The number of hydrogen-bond donors (Lipinski definition) is 0. The average Bonchev–Trinajstić information content (AvgIpc) is 2.57. The van der Waals surface area contributed by atoms with Crippen LogP contribution in [0.5, 0.6) is 0 Å². The largest absolute Gasteiger partial charge is 0.468 e. The van der Waals surface area contributed by atoms with Gasteiger partial charge in [0.15, 0.2) is 5.92 Å². The Bertz CT molecular complexity index is 542. The van der Waals surface area contributed by atoms with Crippen LogP contribution in [0.2, 0.25) is 0 Å². The standard InChI is InChI=1S/C18H20O4/c1-4-15(16(17(19)21-2)18(20)22-3)13-9-8-12-14-10-6-5-7-11-14/h4-13,15-16H,1H2,2-3H3/b12-8+,13-9+/t15-/m1/s1. The van der Waals surface area contributed by atoms with E-state index in [0.29, 0.717) is 0 Å². The van der Waals surface area contributed by atoms with Crippen LogP contribution in [-0.4, -0.2) is 26.2 Å². The maximum Gasteiger partial charge on any atom is 0.320 e. The predicted molar refractivity (Wildman–Crippen MR) is 85.8 cm³/mol. The van der Waals surface area contributed by atoms with Gasteiger partial charge >= 0.3 is 11.9 Å². The second-order valence-corrected chi connectivity index (χ2v) is 4.49. The summed E-state index contributed by atoms with van der Waals surface area (Å²) in [7, 11) is 2.47. The van der Waals surface area contributed by atoms with E-state index < -0.39 is 23.8 Å². The molecular formula is C18H20O4. The molecule has 0 amide bonds. The Hall–Kier alpha value is -2.62. The first-order chi connectivity index (χ1) is 10.6. The molecule has 0 saturated carbocycles. The molecule has 116 valence electrons. The second-order valence-electron chi connectivity index (χ2n) is 4.49. The number of hydrogen-bond acceptors (Lipinski definition) is 4. The van der Waals surface area contributed by atoms with Crippen molar-refractivity contribution in [3.8, 4) is 0 Å². The van der Waals surface area contributed by atoms with E-state index in [1.807, 2.05) is 42.5 Å². The summed E-state index contributed by atoms with van der Waals surface area (Å²) in [6.07, 6.45) is 8.74. The van der Waals surface area contributed by atoms with E-state index in [1.54, 1.807) is 12.2 Å². The fourth-order valence-electron chi connectivity index (χ4n) is 1.91. The van der Waals surface area contributed by atoms with Gasteiger partial charge in [0.1, 0.15) is 0 Å². The smallest absolute Gasteiger partial charge is 0.320 e. The van der Waals surface area contributed by atoms with Crippen molar-refractivity contribution in [2.45, 2.75) is 0 Å². The van der Waals surface area contributed by atoms with Crippen molar-refractivity contribution >= 4 is 18.0 Å². The van der Waals surface area contributed by atoms with Gasteiger partial charge in [0, 0.05) is 5.92 Å². The molecule has 4 heteroatoms. The zero-order chi connectivity index (χ0) is 16.4. The van der Waals surface area contributed by atoms with Gasteiger partial charge in [-0.2, -0.15) is 0 Å². The highest BCUT2D eigenvalue weighted by Crippen LogP contribution is 2.18. The SMILES string of the molecule is C=C[C@H](/C=C/C=C/c1ccccc1)C(C(=O)OC)C(=O)OC. The van der Waals surface area contributed by atoms with Crippen LogP contribution in [0.1, 0.15) is 5.56 Å². The minimum atomic E-state index is -1.05. The maximum atomic E-state index is 11.7. The van der Waals surface area contributed by atoms with Crippen LogP contribution < -0.4 is 0 Å². The zero-order valence-corrected chi connectivity index (χ0v) is 12.8. The molecule has 0 spiro atoms. The normalized spacial score (nSPS) is 12.5. The number of rotatable bonds is 7. The van der Waals surface area contributed by atoms with Crippen LogP contribution in [0.3, 0.4) is 0 Å². The van der Waals surface area contributed by atoms with Gasteiger partial charge in [-0.25, -0.2) is 0 Å². The van der Waals surface area contributed by atoms with E-state index in [4.69, 9.17) is 0 Å². The van der Waals surface area contributed by atoms with Crippen LogP contribution in [0.15, 0.2) is 61.2 Å². The molecule has 0 radical (unpaired) electrons. The number of benzene rings is 1. The molecule has 0 fully saturated rings. The third-order valence-electron chi connectivity index (χ3n) is 3.10. The van der Waals surface area contributed by atoms with Crippen molar-refractivity contribution in [3.63, 3.8) is 0 Å². The Kier molecular flexibility index (Phi) is 7.40. The Morgan fingerprint density at radius 2 is 1.64 bits per heavy atom. The molecule has 0 saturated heterocycles. The van der Waals surface area contributed by atoms with E-state index in [2.05, 4.69) is 16.1 Å². The van der Waals surface area contributed by atoms with Gasteiger partial charge in [-0.1, -0.05) is 60.7 Å². The summed E-state index contributed by atoms with van der Waals surface area (Å²) < 4.78 is 9.31. The molecule has 22 heavy (non-hydrogen) atoms.